The van der Waals surface area contributed by atoms with E-state index in [9.17, 15) is 13.2 Å². The van der Waals surface area contributed by atoms with Gasteiger partial charge in [0.25, 0.3) is 0 Å². The SMILES string of the molecule is Cc1cc(NC(=O)C2CCCN(S(=O)(=O)c3c(C)noc3C)C2)ccc1Oc1cccnc1. The van der Waals surface area contributed by atoms with Crippen LogP contribution in [0.5, 0.6) is 11.5 Å². The molecule has 1 atom stereocenters. The van der Waals surface area contributed by atoms with E-state index in [-0.39, 0.29) is 23.1 Å². The number of pyridine rings is 1. The Bertz CT molecular complexity index is 1240. The van der Waals surface area contributed by atoms with Gasteiger partial charge < -0.3 is 14.6 Å². The molecule has 4 rings (SSSR count). The van der Waals surface area contributed by atoms with E-state index in [0.29, 0.717) is 42.3 Å². The van der Waals surface area contributed by atoms with Crippen molar-refractivity contribution < 1.29 is 22.5 Å². The van der Waals surface area contributed by atoms with Gasteiger partial charge in [0, 0.05) is 25.0 Å². The lowest BCUT2D eigenvalue weighted by Crippen LogP contribution is -2.43. The minimum atomic E-state index is -3.79. The maximum Gasteiger partial charge on any atom is 0.248 e. The summed E-state index contributed by atoms with van der Waals surface area (Å²) in [6, 6.07) is 8.97. The highest BCUT2D eigenvalue weighted by Crippen LogP contribution is 2.30. The molecule has 1 aliphatic heterocycles. The number of sulfonamides is 1. The molecule has 0 saturated carbocycles. The van der Waals surface area contributed by atoms with Crippen LogP contribution >= 0.6 is 0 Å². The largest absolute Gasteiger partial charge is 0.455 e. The minimum absolute atomic E-state index is 0.0865. The topological polar surface area (TPSA) is 115 Å². The summed E-state index contributed by atoms with van der Waals surface area (Å²) in [4.78, 5) is 17.1. The molecule has 1 N–H and O–H groups in total. The second kappa shape index (κ2) is 9.32. The molecule has 1 amide bonds. The molecule has 1 saturated heterocycles. The van der Waals surface area contributed by atoms with Crippen molar-refractivity contribution in [3.63, 3.8) is 0 Å². The Morgan fingerprint density at radius 3 is 2.73 bits per heavy atom. The van der Waals surface area contributed by atoms with E-state index < -0.39 is 15.9 Å². The van der Waals surface area contributed by atoms with Crippen molar-refractivity contribution in [2.75, 3.05) is 18.4 Å². The standard InChI is InChI=1S/C23H26N4O5S/c1-15-12-19(8-9-21(15)31-20-7-4-10-24-13-20)25-23(28)18-6-5-11-27(14-18)33(29,30)22-16(2)26-32-17(22)3/h4,7-10,12-13,18H,5-6,11,14H2,1-3H3,(H,25,28). The summed E-state index contributed by atoms with van der Waals surface area (Å²) in [5.74, 6) is 0.868. The first-order valence-corrected chi connectivity index (χ1v) is 12.1. The van der Waals surface area contributed by atoms with E-state index in [1.54, 1.807) is 44.4 Å². The van der Waals surface area contributed by atoms with Crippen LogP contribution in [0.25, 0.3) is 0 Å². The fraction of sp³-hybridized carbons (Fsp3) is 0.348. The van der Waals surface area contributed by atoms with Crippen molar-refractivity contribution in [1.29, 1.82) is 0 Å². The molecule has 1 aromatic carbocycles. The number of aromatic nitrogens is 2. The van der Waals surface area contributed by atoms with Gasteiger partial charge in [-0.15, -0.1) is 0 Å². The lowest BCUT2D eigenvalue weighted by Gasteiger charge is -2.31. The van der Waals surface area contributed by atoms with Gasteiger partial charge in [0.1, 0.15) is 22.1 Å². The lowest BCUT2D eigenvalue weighted by atomic mass is 9.98. The highest BCUT2D eigenvalue weighted by Gasteiger charge is 2.36. The second-order valence-electron chi connectivity index (χ2n) is 8.12. The van der Waals surface area contributed by atoms with Gasteiger partial charge in [0.2, 0.25) is 15.9 Å². The van der Waals surface area contributed by atoms with E-state index >= 15 is 0 Å². The Labute approximate surface area is 192 Å². The molecule has 33 heavy (non-hydrogen) atoms. The number of piperidine rings is 1. The third-order valence-corrected chi connectivity index (χ3v) is 7.74. The second-order valence-corrected chi connectivity index (χ2v) is 9.99. The van der Waals surface area contributed by atoms with Crippen LogP contribution in [0.1, 0.15) is 29.9 Å². The van der Waals surface area contributed by atoms with Crippen LogP contribution in [0.4, 0.5) is 5.69 Å². The van der Waals surface area contributed by atoms with Gasteiger partial charge in [0.15, 0.2) is 5.76 Å². The molecule has 1 fully saturated rings. The number of hydrogen-bond donors (Lipinski definition) is 1. The van der Waals surface area contributed by atoms with Crippen LogP contribution < -0.4 is 10.1 Å². The molecular formula is C23H26N4O5S. The van der Waals surface area contributed by atoms with Gasteiger partial charge in [-0.1, -0.05) is 5.16 Å². The highest BCUT2D eigenvalue weighted by molar-refractivity contribution is 7.89. The molecule has 174 valence electrons. The molecule has 3 heterocycles. The number of ether oxygens (including phenoxy) is 1. The Hall–Kier alpha value is -3.24. The van der Waals surface area contributed by atoms with Crippen molar-refractivity contribution in [1.82, 2.24) is 14.4 Å². The van der Waals surface area contributed by atoms with Gasteiger partial charge >= 0.3 is 0 Å². The number of amides is 1. The van der Waals surface area contributed by atoms with Gasteiger partial charge in [0.05, 0.1) is 12.1 Å². The summed E-state index contributed by atoms with van der Waals surface area (Å²) in [5, 5.41) is 6.67. The molecule has 0 radical (unpaired) electrons. The summed E-state index contributed by atoms with van der Waals surface area (Å²) < 4.78 is 38.5. The van der Waals surface area contributed by atoms with Gasteiger partial charge in [-0.3, -0.25) is 9.78 Å². The van der Waals surface area contributed by atoms with Gasteiger partial charge in [-0.2, -0.15) is 4.31 Å². The maximum absolute atomic E-state index is 13.1. The van der Waals surface area contributed by atoms with E-state index in [4.69, 9.17) is 9.26 Å². The molecule has 1 aliphatic rings. The molecular weight excluding hydrogens is 444 g/mol. The van der Waals surface area contributed by atoms with Gasteiger partial charge in [-0.05, 0) is 69.5 Å². The summed E-state index contributed by atoms with van der Waals surface area (Å²) in [7, 11) is -3.79. The van der Waals surface area contributed by atoms with E-state index in [1.807, 2.05) is 19.1 Å². The van der Waals surface area contributed by atoms with Crippen molar-refractivity contribution >= 4 is 21.6 Å². The zero-order valence-corrected chi connectivity index (χ0v) is 19.6. The number of rotatable bonds is 6. The van der Waals surface area contributed by atoms with Crippen molar-refractivity contribution in [3.05, 3.63) is 59.7 Å². The lowest BCUT2D eigenvalue weighted by molar-refractivity contribution is -0.120. The molecule has 3 aromatic rings. The Morgan fingerprint density at radius 2 is 2.06 bits per heavy atom. The van der Waals surface area contributed by atoms with E-state index in [2.05, 4.69) is 15.5 Å². The smallest absolute Gasteiger partial charge is 0.248 e. The van der Waals surface area contributed by atoms with E-state index in [0.717, 1.165) is 5.56 Å². The van der Waals surface area contributed by atoms with Crippen LogP contribution in [-0.4, -0.2) is 41.9 Å². The minimum Gasteiger partial charge on any atom is -0.455 e. The first-order valence-electron chi connectivity index (χ1n) is 10.7. The Morgan fingerprint density at radius 1 is 1.24 bits per heavy atom. The average molecular weight is 471 g/mol. The average Bonchev–Trinajstić information content (AvgIpc) is 3.15. The fourth-order valence-electron chi connectivity index (χ4n) is 3.97. The zero-order chi connectivity index (χ0) is 23.6. The highest BCUT2D eigenvalue weighted by atomic mass is 32.2. The number of carbonyl (C=O) groups is 1. The predicted molar refractivity (Wildman–Crippen MR) is 122 cm³/mol. The first-order chi connectivity index (χ1) is 15.8. The van der Waals surface area contributed by atoms with Crippen LogP contribution in [0, 0.1) is 26.7 Å². The van der Waals surface area contributed by atoms with Crippen molar-refractivity contribution in [3.8, 4) is 11.5 Å². The summed E-state index contributed by atoms with van der Waals surface area (Å²) in [6.07, 6.45) is 4.50. The first kappa shape index (κ1) is 22.9. The molecule has 2 aromatic heterocycles. The number of hydrogen-bond acceptors (Lipinski definition) is 7. The number of aryl methyl sites for hydroxylation is 3. The van der Waals surface area contributed by atoms with Crippen LogP contribution in [-0.2, 0) is 14.8 Å². The quantitative estimate of drug-likeness (QED) is 0.582. The predicted octanol–water partition coefficient (Wildman–Crippen LogP) is 3.83. The third-order valence-electron chi connectivity index (χ3n) is 5.63. The Kier molecular flexibility index (Phi) is 6.48. The molecule has 10 heteroatoms. The summed E-state index contributed by atoms with van der Waals surface area (Å²) in [6.45, 7) is 5.53. The summed E-state index contributed by atoms with van der Waals surface area (Å²) in [5.41, 5.74) is 1.80. The molecule has 0 spiro atoms. The Balaban J connectivity index is 1.44. The van der Waals surface area contributed by atoms with E-state index in [1.165, 1.54) is 4.31 Å². The number of anilines is 1. The number of carbonyl (C=O) groups excluding carboxylic acids is 1. The number of nitrogens with zero attached hydrogens (tertiary/aromatic N) is 3. The van der Waals surface area contributed by atoms with Crippen LogP contribution in [0.2, 0.25) is 0 Å². The number of benzene rings is 1. The zero-order valence-electron chi connectivity index (χ0n) is 18.7. The molecule has 0 aliphatic carbocycles. The molecule has 0 bridgehead atoms. The molecule has 9 nitrogen and oxygen atoms in total. The van der Waals surface area contributed by atoms with Gasteiger partial charge in [-0.25, -0.2) is 8.42 Å². The maximum atomic E-state index is 13.1. The third kappa shape index (κ3) is 4.91. The van der Waals surface area contributed by atoms with Crippen molar-refractivity contribution in [2.24, 2.45) is 5.92 Å². The fourth-order valence-corrected chi connectivity index (χ4v) is 5.78. The van der Waals surface area contributed by atoms with Crippen LogP contribution in [0.15, 0.2) is 52.1 Å². The monoisotopic (exact) mass is 470 g/mol. The van der Waals surface area contributed by atoms with Crippen molar-refractivity contribution in [2.45, 2.75) is 38.5 Å². The molecule has 1 unspecified atom stereocenters. The summed E-state index contributed by atoms with van der Waals surface area (Å²) >= 11 is 0. The number of nitrogens with one attached hydrogen (secondary N) is 1. The van der Waals surface area contributed by atoms with Crippen LogP contribution in [0.3, 0.4) is 0 Å². The normalized spacial score (nSPS) is 17.0.